The van der Waals surface area contributed by atoms with Crippen LogP contribution in [-0.4, -0.2) is 58.6 Å². The zero-order chi connectivity index (χ0) is 29.2. The van der Waals surface area contributed by atoms with E-state index in [1.54, 1.807) is 17.0 Å². The van der Waals surface area contributed by atoms with Crippen molar-refractivity contribution in [2.75, 3.05) is 19.7 Å². The summed E-state index contributed by atoms with van der Waals surface area (Å²) >= 11 is 0. The predicted molar refractivity (Wildman–Crippen MR) is 164 cm³/mol. The van der Waals surface area contributed by atoms with Crippen molar-refractivity contribution in [1.82, 2.24) is 9.80 Å². The fourth-order valence-corrected chi connectivity index (χ4v) is 7.95. The van der Waals surface area contributed by atoms with Gasteiger partial charge in [-0.15, -0.1) is 0 Å². The normalized spacial score (nSPS) is 27.1. The topological polar surface area (TPSA) is 70.1 Å². The molecule has 4 aliphatic rings. The van der Waals surface area contributed by atoms with Crippen molar-refractivity contribution in [1.29, 1.82) is 0 Å². The van der Waals surface area contributed by atoms with Crippen molar-refractivity contribution >= 4 is 17.9 Å². The van der Waals surface area contributed by atoms with Gasteiger partial charge in [-0.3, -0.25) is 19.4 Å². The van der Waals surface area contributed by atoms with Crippen LogP contribution < -0.4 is 0 Å². The fourth-order valence-electron chi connectivity index (χ4n) is 7.95. The third-order valence-electron chi connectivity index (χ3n) is 9.90. The number of imide groups is 1. The van der Waals surface area contributed by atoms with Crippen LogP contribution in [0.25, 0.3) is 6.08 Å². The van der Waals surface area contributed by atoms with Crippen molar-refractivity contribution in [2.24, 2.45) is 17.8 Å². The van der Waals surface area contributed by atoms with E-state index in [1.165, 1.54) is 22.3 Å². The third-order valence-corrected chi connectivity index (χ3v) is 9.90. The Morgan fingerprint density at radius 1 is 1.00 bits per heavy atom. The average Bonchev–Trinajstić information content (AvgIpc) is 3.52. The third kappa shape index (κ3) is 5.84. The van der Waals surface area contributed by atoms with Crippen LogP contribution in [0.5, 0.6) is 5.75 Å². The van der Waals surface area contributed by atoms with Crippen molar-refractivity contribution in [3.63, 3.8) is 0 Å². The standard InChI is InChI=1S/C36H44N2O4/c1-3-8-25(20-27-11-7-12-29(39)21-27)13-14-32-33-24(2)19-30-34(31(33)23-42-32)36(41)38(35(30)40)28-15-17-37(18-16-28)22-26-9-5-4-6-10-26/h4-7,9-12,20-21,28,30-32,34,39H,3,8,13-19,22-23H2,1-2H3/b25-20+/t30-,31+,32-,34-/m1/s1. The largest absolute Gasteiger partial charge is 0.508 e. The Morgan fingerprint density at radius 2 is 1.79 bits per heavy atom. The van der Waals surface area contributed by atoms with Crippen LogP contribution in [0.4, 0.5) is 0 Å². The van der Waals surface area contributed by atoms with Crippen LogP contribution in [0.15, 0.2) is 71.3 Å². The first-order valence-electron chi connectivity index (χ1n) is 15.9. The number of rotatable bonds is 9. The van der Waals surface area contributed by atoms with E-state index in [0.29, 0.717) is 13.0 Å². The van der Waals surface area contributed by atoms with Gasteiger partial charge >= 0.3 is 0 Å². The van der Waals surface area contributed by atoms with Gasteiger partial charge in [0.15, 0.2) is 0 Å². The zero-order valence-corrected chi connectivity index (χ0v) is 25.0. The van der Waals surface area contributed by atoms with Crippen molar-refractivity contribution in [3.05, 3.63) is 82.4 Å². The van der Waals surface area contributed by atoms with Crippen molar-refractivity contribution in [2.45, 2.75) is 77.5 Å². The van der Waals surface area contributed by atoms with Crippen LogP contribution in [-0.2, 0) is 20.9 Å². The molecule has 6 nitrogen and oxygen atoms in total. The second-order valence-electron chi connectivity index (χ2n) is 12.7. The molecule has 42 heavy (non-hydrogen) atoms. The Labute approximate surface area is 250 Å². The second-order valence-corrected chi connectivity index (χ2v) is 12.7. The summed E-state index contributed by atoms with van der Waals surface area (Å²) in [5.41, 5.74) is 6.19. The van der Waals surface area contributed by atoms with Gasteiger partial charge in [-0.25, -0.2) is 0 Å². The molecule has 6 rings (SSSR count). The number of hydrogen-bond acceptors (Lipinski definition) is 5. The molecule has 6 heteroatoms. The number of carbonyl (C=O) groups is 2. The number of hydrogen-bond donors (Lipinski definition) is 1. The molecule has 1 N–H and O–H groups in total. The lowest BCUT2D eigenvalue weighted by Gasteiger charge is -2.36. The zero-order valence-electron chi connectivity index (χ0n) is 25.0. The van der Waals surface area contributed by atoms with Gasteiger partial charge in [0.25, 0.3) is 0 Å². The summed E-state index contributed by atoms with van der Waals surface area (Å²) < 4.78 is 6.40. The van der Waals surface area contributed by atoms with E-state index in [0.717, 1.165) is 63.7 Å². The molecule has 3 fully saturated rings. The van der Waals surface area contributed by atoms with E-state index in [1.807, 2.05) is 18.2 Å². The number of likely N-dealkylation sites (tertiary alicyclic amines) is 2. The summed E-state index contributed by atoms with van der Waals surface area (Å²) in [7, 11) is 0. The number of piperidine rings is 1. The lowest BCUT2D eigenvalue weighted by molar-refractivity contribution is -0.144. The highest BCUT2D eigenvalue weighted by Crippen LogP contribution is 2.50. The van der Waals surface area contributed by atoms with Crippen LogP contribution in [0.1, 0.15) is 69.9 Å². The molecule has 0 aromatic heterocycles. The summed E-state index contributed by atoms with van der Waals surface area (Å²) in [6.45, 7) is 7.59. The molecule has 0 radical (unpaired) electrons. The number of nitrogens with zero attached hydrogens (tertiary/aromatic N) is 2. The maximum Gasteiger partial charge on any atom is 0.234 e. The van der Waals surface area contributed by atoms with E-state index in [4.69, 9.17) is 4.74 Å². The number of fused-ring (bicyclic) bond motifs is 3. The van der Waals surface area contributed by atoms with Crippen molar-refractivity contribution < 1.29 is 19.4 Å². The second kappa shape index (κ2) is 12.6. The minimum absolute atomic E-state index is 0.00133. The Morgan fingerprint density at radius 3 is 2.52 bits per heavy atom. The van der Waals surface area contributed by atoms with Gasteiger partial charge in [-0.2, -0.15) is 0 Å². The van der Waals surface area contributed by atoms with Crippen LogP contribution in [0.3, 0.4) is 0 Å². The first kappa shape index (κ1) is 28.9. The molecule has 0 saturated carbocycles. The van der Waals surface area contributed by atoms with E-state index in [9.17, 15) is 14.7 Å². The highest BCUT2D eigenvalue weighted by molar-refractivity contribution is 6.06. The maximum atomic E-state index is 13.9. The molecule has 0 spiro atoms. The number of phenols is 1. The Bertz CT molecular complexity index is 1360. The molecule has 222 valence electrons. The number of ether oxygens (including phenoxy) is 1. The molecular weight excluding hydrogens is 524 g/mol. The monoisotopic (exact) mass is 568 g/mol. The van der Waals surface area contributed by atoms with Gasteiger partial charge in [0.05, 0.1) is 24.5 Å². The SMILES string of the molecule is CCC/C(=C\c1cccc(O)c1)CC[C@H]1OC[C@H]2C1=C(C)C[C@H]1C(=O)N(C3CCN(Cc4ccccc4)CC3)C(=O)[C@H]12. The number of carbonyl (C=O) groups excluding carboxylic acids is 2. The molecule has 2 amide bonds. The van der Waals surface area contributed by atoms with Crippen LogP contribution in [0, 0.1) is 17.8 Å². The maximum absolute atomic E-state index is 13.9. The van der Waals surface area contributed by atoms with Crippen LogP contribution in [0.2, 0.25) is 0 Å². The molecule has 3 heterocycles. The molecule has 2 aromatic rings. The highest BCUT2D eigenvalue weighted by atomic mass is 16.5. The van der Waals surface area contributed by atoms with Crippen LogP contribution >= 0.6 is 0 Å². The molecule has 2 aromatic carbocycles. The molecule has 0 bridgehead atoms. The van der Waals surface area contributed by atoms with E-state index < -0.39 is 0 Å². The van der Waals surface area contributed by atoms with Gasteiger partial charge in [0.1, 0.15) is 5.75 Å². The first-order valence-corrected chi connectivity index (χ1v) is 15.9. The van der Waals surface area contributed by atoms with Gasteiger partial charge in [0, 0.05) is 31.6 Å². The fraction of sp³-hybridized carbons (Fsp3) is 0.500. The lowest BCUT2D eigenvalue weighted by atomic mass is 9.70. The number of allylic oxidation sites excluding steroid dienone is 2. The van der Waals surface area contributed by atoms with E-state index in [2.05, 4.69) is 49.1 Å². The minimum Gasteiger partial charge on any atom is -0.508 e. The summed E-state index contributed by atoms with van der Waals surface area (Å²) in [4.78, 5) is 31.8. The van der Waals surface area contributed by atoms with E-state index in [-0.39, 0.29) is 47.5 Å². The summed E-state index contributed by atoms with van der Waals surface area (Å²) in [6, 6.07) is 17.9. The number of aromatic hydroxyl groups is 1. The summed E-state index contributed by atoms with van der Waals surface area (Å²) in [5, 5.41) is 9.89. The van der Waals surface area contributed by atoms with Gasteiger partial charge in [-0.1, -0.05) is 73.0 Å². The molecule has 4 atom stereocenters. The highest BCUT2D eigenvalue weighted by Gasteiger charge is 2.57. The quantitative estimate of drug-likeness (QED) is 0.282. The lowest BCUT2D eigenvalue weighted by Crippen LogP contribution is -2.47. The minimum atomic E-state index is -0.276. The summed E-state index contributed by atoms with van der Waals surface area (Å²) in [5.74, 6) is -0.132. The van der Waals surface area contributed by atoms with Gasteiger partial charge < -0.3 is 9.84 Å². The molecular formula is C36H44N2O4. The molecule has 0 unspecified atom stereocenters. The van der Waals surface area contributed by atoms with E-state index >= 15 is 0 Å². The molecule has 1 aliphatic carbocycles. The van der Waals surface area contributed by atoms with Gasteiger partial charge in [0.2, 0.25) is 11.8 Å². The number of benzene rings is 2. The molecule has 3 aliphatic heterocycles. The number of phenolic OH excluding ortho intramolecular Hbond substituents is 1. The Hall–Kier alpha value is -3.22. The van der Waals surface area contributed by atoms with Gasteiger partial charge in [-0.05, 0) is 74.3 Å². The number of amides is 2. The first-order chi connectivity index (χ1) is 20.4. The smallest absolute Gasteiger partial charge is 0.234 e. The average molecular weight is 569 g/mol. The Kier molecular flexibility index (Phi) is 8.64. The molecule has 3 saturated heterocycles. The summed E-state index contributed by atoms with van der Waals surface area (Å²) in [6.07, 6.45) is 8.39. The Balaban J connectivity index is 1.10. The predicted octanol–water partition coefficient (Wildman–Crippen LogP) is 6.36. The van der Waals surface area contributed by atoms with Crippen molar-refractivity contribution in [3.8, 4) is 5.75 Å².